The number of hydrogen-bond donors (Lipinski definition) is 1. The van der Waals surface area contributed by atoms with Crippen LogP contribution in [0.1, 0.15) is 46.8 Å². The minimum atomic E-state index is -0.184. The normalized spacial score (nSPS) is 17.1. The molecule has 1 aliphatic rings. The fourth-order valence-corrected chi connectivity index (χ4v) is 4.43. The molecule has 0 aromatic carbocycles. The number of thiophene rings is 1. The van der Waals surface area contributed by atoms with E-state index in [1.807, 2.05) is 29.8 Å². The second-order valence-corrected chi connectivity index (χ2v) is 7.66. The maximum atomic E-state index is 12.4. The number of carbonyl (C=O) groups is 2. The van der Waals surface area contributed by atoms with Gasteiger partial charge in [-0.05, 0) is 44.9 Å². The molecule has 0 bridgehead atoms. The second kappa shape index (κ2) is 9.66. The van der Waals surface area contributed by atoms with Gasteiger partial charge in [0.05, 0.1) is 24.4 Å². The quantitative estimate of drug-likeness (QED) is 0.526. The summed E-state index contributed by atoms with van der Waals surface area (Å²) < 4.78 is 7.06. The molecule has 1 fully saturated rings. The Morgan fingerprint density at radius 3 is 3.07 bits per heavy atom. The average Bonchev–Trinajstić information content (AvgIpc) is 3.39. The molecule has 1 amide bonds. The summed E-state index contributed by atoms with van der Waals surface area (Å²) in [5.74, 6) is -0.219. The van der Waals surface area contributed by atoms with Gasteiger partial charge in [-0.15, -0.1) is 11.3 Å². The van der Waals surface area contributed by atoms with Crippen molar-refractivity contribution in [3.8, 4) is 0 Å². The van der Waals surface area contributed by atoms with Crippen molar-refractivity contribution in [3.63, 3.8) is 0 Å². The third kappa shape index (κ3) is 5.40. The number of aryl methyl sites for hydroxylation is 1. The van der Waals surface area contributed by atoms with Gasteiger partial charge in [0.15, 0.2) is 0 Å². The summed E-state index contributed by atoms with van der Waals surface area (Å²) >= 11 is 1.52. The molecular weight excluding hydrogens is 364 g/mol. The molecule has 0 radical (unpaired) electrons. The summed E-state index contributed by atoms with van der Waals surface area (Å²) in [6.45, 7) is 4.88. The highest BCUT2D eigenvalue weighted by Crippen LogP contribution is 2.35. The van der Waals surface area contributed by atoms with E-state index in [0.29, 0.717) is 19.7 Å². The number of likely N-dealkylation sites (tertiary alicyclic amines) is 1. The zero-order valence-corrected chi connectivity index (χ0v) is 16.4. The fourth-order valence-electron chi connectivity index (χ4n) is 3.33. The van der Waals surface area contributed by atoms with Crippen molar-refractivity contribution in [1.29, 1.82) is 0 Å². The van der Waals surface area contributed by atoms with Crippen LogP contribution >= 0.6 is 11.3 Å². The predicted octanol–water partition coefficient (Wildman–Crippen LogP) is 2.46. The van der Waals surface area contributed by atoms with Crippen molar-refractivity contribution < 1.29 is 14.3 Å². The highest BCUT2D eigenvalue weighted by Gasteiger charge is 2.29. The van der Waals surface area contributed by atoms with Crippen LogP contribution in [-0.2, 0) is 16.1 Å². The molecule has 8 heteroatoms. The van der Waals surface area contributed by atoms with Crippen LogP contribution in [0.4, 0.5) is 0 Å². The summed E-state index contributed by atoms with van der Waals surface area (Å²) in [6, 6.07) is 4.09. The Balaban J connectivity index is 1.49. The van der Waals surface area contributed by atoms with Crippen molar-refractivity contribution in [2.45, 2.75) is 38.8 Å². The highest BCUT2D eigenvalue weighted by molar-refractivity contribution is 7.14. The smallest absolute Gasteiger partial charge is 0.320 e. The van der Waals surface area contributed by atoms with Crippen molar-refractivity contribution in [3.05, 3.63) is 40.6 Å². The number of carbonyl (C=O) groups excluding carboxylic acids is 2. The van der Waals surface area contributed by atoms with Gasteiger partial charge in [0.25, 0.3) is 5.91 Å². The first-order valence-electron chi connectivity index (χ1n) is 9.40. The second-order valence-electron chi connectivity index (χ2n) is 6.55. The lowest BCUT2D eigenvalue weighted by Gasteiger charge is -2.22. The Labute approximate surface area is 163 Å². The van der Waals surface area contributed by atoms with Crippen LogP contribution in [0.3, 0.4) is 0 Å². The zero-order valence-electron chi connectivity index (χ0n) is 15.6. The molecule has 2 aromatic heterocycles. The number of esters is 1. The molecule has 2 aromatic rings. The average molecular weight is 391 g/mol. The standard InChI is InChI=1S/C19H26N4O3S/c1-2-26-18(24)13-23-11-3-5-15(23)16-6-7-17(27-16)19(25)21-8-4-10-22-12-9-20-14-22/h6-7,9,12,14-15H,2-5,8,10-11,13H2,1H3,(H,21,25)/t15-/m1/s1. The van der Waals surface area contributed by atoms with Gasteiger partial charge in [-0.1, -0.05) is 0 Å². The van der Waals surface area contributed by atoms with Crippen LogP contribution in [0.25, 0.3) is 0 Å². The van der Waals surface area contributed by atoms with Gasteiger partial charge in [-0.3, -0.25) is 14.5 Å². The van der Waals surface area contributed by atoms with E-state index in [-0.39, 0.29) is 17.9 Å². The van der Waals surface area contributed by atoms with Crippen LogP contribution in [0.5, 0.6) is 0 Å². The molecule has 1 saturated heterocycles. The van der Waals surface area contributed by atoms with Crippen molar-refractivity contribution in [1.82, 2.24) is 19.8 Å². The Kier molecular flexibility index (Phi) is 7.00. The summed E-state index contributed by atoms with van der Waals surface area (Å²) in [5, 5.41) is 2.98. The van der Waals surface area contributed by atoms with Crippen molar-refractivity contribution >= 4 is 23.2 Å². The SMILES string of the molecule is CCOC(=O)CN1CCC[C@@H]1c1ccc(C(=O)NCCCn2ccnc2)s1. The van der Waals surface area contributed by atoms with E-state index in [2.05, 4.69) is 15.2 Å². The first kappa shape index (κ1) is 19.6. The van der Waals surface area contributed by atoms with E-state index < -0.39 is 0 Å². The molecule has 0 spiro atoms. The van der Waals surface area contributed by atoms with Gasteiger partial charge in [0.2, 0.25) is 0 Å². The predicted molar refractivity (Wildman–Crippen MR) is 104 cm³/mol. The van der Waals surface area contributed by atoms with E-state index in [4.69, 9.17) is 4.74 Å². The Hall–Kier alpha value is -2.19. The minimum Gasteiger partial charge on any atom is -0.465 e. The molecule has 146 valence electrons. The lowest BCUT2D eigenvalue weighted by Crippen LogP contribution is -2.30. The molecule has 27 heavy (non-hydrogen) atoms. The molecule has 1 N–H and O–H groups in total. The van der Waals surface area contributed by atoms with Crippen LogP contribution in [0, 0.1) is 0 Å². The van der Waals surface area contributed by atoms with Crippen molar-refractivity contribution in [2.75, 3.05) is 26.2 Å². The summed E-state index contributed by atoms with van der Waals surface area (Å²) in [6.07, 6.45) is 8.36. The number of nitrogens with zero attached hydrogens (tertiary/aromatic N) is 3. The van der Waals surface area contributed by atoms with Gasteiger partial charge in [0, 0.05) is 36.4 Å². The van der Waals surface area contributed by atoms with Gasteiger partial charge in [-0.25, -0.2) is 4.98 Å². The van der Waals surface area contributed by atoms with E-state index in [0.717, 1.165) is 42.1 Å². The van der Waals surface area contributed by atoms with E-state index in [1.54, 1.807) is 12.5 Å². The van der Waals surface area contributed by atoms with Gasteiger partial charge in [-0.2, -0.15) is 0 Å². The molecule has 1 aliphatic heterocycles. The highest BCUT2D eigenvalue weighted by atomic mass is 32.1. The van der Waals surface area contributed by atoms with E-state index in [9.17, 15) is 9.59 Å². The fraction of sp³-hybridized carbons (Fsp3) is 0.526. The molecule has 0 saturated carbocycles. The van der Waals surface area contributed by atoms with Crippen LogP contribution < -0.4 is 5.32 Å². The topological polar surface area (TPSA) is 76.5 Å². The number of rotatable bonds is 9. The Bertz CT molecular complexity index is 744. The summed E-state index contributed by atoms with van der Waals surface area (Å²) in [7, 11) is 0. The molecule has 7 nitrogen and oxygen atoms in total. The molecular formula is C19H26N4O3S. The summed E-state index contributed by atoms with van der Waals surface area (Å²) in [5.41, 5.74) is 0. The number of amides is 1. The van der Waals surface area contributed by atoms with Crippen LogP contribution in [0.2, 0.25) is 0 Å². The lowest BCUT2D eigenvalue weighted by molar-refractivity contribution is -0.144. The van der Waals surface area contributed by atoms with E-state index in [1.165, 1.54) is 11.3 Å². The summed E-state index contributed by atoms with van der Waals surface area (Å²) in [4.78, 5) is 32.2. The largest absolute Gasteiger partial charge is 0.465 e. The number of ether oxygens (including phenoxy) is 1. The molecule has 3 heterocycles. The van der Waals surface area contributed by atoms with E-state index >= 15 is 0 Å². The Morgan fingerprint density at radius 2 is 2.30 bits per heavy atom. The first-order valence-corrected chi connectivity index (χ1v) is 10.2. The van der Waals surface area contributed by atoms with Crippen LogP contribution in [-0.4, -0.2) is 52.6 Å². The minimum absolute atomic E-state index is 0.0354. The monoisotopic (exact) mass is 390 g/mol. The Morgan fingerprint density at radius 1 is 1.41 bits per heavy atom. The number of aromatic nitrogens is 2. The third-order valence-electron chi connectivity index (χ3n) is 4.62. The van der Waals surface area contributed by atoms with Crippen molar-refractivity contribution in [2.24, 2.45) is 0 Å². The maximum absolute atomic E-state index is 12.4. The molecule has 0 unspecified atom stereocenters. The third-order valence-corrected chi connectivity index (χ3v) is 5.80. The van der Waals surface area contributed by atoms with Gasteiger partial charge in [0.1, 0.15) is 0 Å². The van der Waals surface area contributed by atoms with Gasteiger partial charge < -0.3 is 14.6 Å². The molecule has 3 rings (SSSR count). The molecule has 1 atom stereocenters. The molecule has 0 aliphatic carbocycles. The van der Waals surface area contributed by atoms with Gasteiger partial charge >= 0.3 is 5.97 Å². The number of hydrogen-bond acceptors (Lipinski definition) is 6. The lowest BCUT2D eigenvalue weighted by atomic mass is 10.2. The number of imidazole rings is 1. The van der Waals surface area contributed by atoms with Crippen LogP contribution in [0.15, 0.2) is 30.9 Å². The first-order chi connectivity index (χ1) is 13.2. The maximum Gasteiger partial charge on any atom is 0.320 e. The number of nitrogens with one attached hydrogen (secondary N) is 1. The zero-order chi connectivity index (χ0) is 19.1.